The van der Waals surface area contributed by atoms with Gasteiger partial charge in [-0.15, -0.1) is 0 Å². The van der Waals surface area contributed by atoms with Crippen molar-refractivity contribution in [3.05, 3.63) is 77.6 Å². The van der Waals surface area contributed by atoms with E-state index >= 15 is 0 Å². The quantitative estimate of drug-likeness (QED) is 0.512. The summed E-state index contributed by atoms with van der Waals surface area (Å²) in [7, 11) is 0. The Morgan fingerprint density at radius 2 is 1.63 bits per heavy atom. The topological polar surface area (TPSA) is 79.8 Å². The summed E-state index contributed by atoms with van der Waals surface area (Å²) >= 11 is 0. The van der Waals surface area contributed by atoms with E-state index in [1.807, 2.05) is 57.2 Å². The Labute approximate surface area is 175 Å². The Balaban J connectivity index is 1.59. The number of hydrogen-bond acceptors (Lipinski definition) is 5. The van der Waals surface area contributed by atoms with Crippen LogP contribution in [-0.2, 0) is 4.79 Å². The molecule has 4 aromatic rings. The van der Waals surface area contributed by atoms with Crippen LogP contribution in [-0.4, -0.2) is 27.4 Å². The molecule has 0 aliphatic carbocycles. The van der Waals surface area contributed by atoms with Gasteiger partial charge in [0.2, 0.25) is 5.91 Å². The van der Waals surface area contributed by atoms with Crippen molar-refractivity contribution in [1.82, 2.24) is 15.0 Å². The second-order valence-corrected chi connectivity index (χ2v) is 7.32. The molecule has 4 rings (SSSR count). The lowest BCUT2D eigenvalue weighted by atomic mass is 10.1. The number of rotatable bonds is 5. The van der Waals surface area contributed by atoms with Crippen molar-refractivity contribution in [3.8, 4) is 11.4 Å². The van der Waals surface area contributed by atoms with Gasteiger partial charge in [-0.1, -0.05) is 29.8 Å². The summed E-state index contributed by atoms with van der Waals surface area (Å²) in [4.78, 5) is 26.0. The van der Waals surface area contributed by atoms with Gasteiger partial charge in [-0.3, -0.25) is 9.78 Å². The van der Waals surface area contributed by atoms with Crippen LogP contribution in [0.1, 0.15) is 16.7 Å². The number of nitrogens with zero attached hydrogens (tertiary/aromatic N) is 3. The lowest BCUT2D eigenvalue weighted by molar-refractivity contribution is -0.114. The number of fused-ring (bicyclic) bond motifs is 1. The Hall–Kier alpha value is -3.80. The third-order valence-electron chi connectivity index (χ3n) is 4.90. The van der Waals surface area contributed by atoms with E-state index in [1.165, 1.54) is 5.56 Å². The van der Waals surface area contributed by atoms with Crippen LogP contribution in [0.5, 0.6) is 0 Å². The number of benzene rings is 2. The van der Waals surface area contributed by atoms with Crippen molar-refractivity contribution in [2.24, 2.45) is 0 Å². The highest BCUT2D eigenvalue weighted by Gasteiger charge is 2.12. The van der Waals surface area contributed by atoms with Crippen LogP contribution < -0.4 is 10.6 Å². The second kappa shape index (κ2) is 8.29. The Kier molecular flexibility index (Phi) is 5.39. The molecule has 0 saturated heterocycles. The number of carbonyl (C=O) groups excluding carboxylic acids is 1. The molecule has 2 heterocycles. The first-order chi connectivity index (χ1) is 14.5. The zero-order chi connectivity index (χ0) is 21.1. The number of amides is 1. The smallest absolute Gasteiger partial charge is 0.243 e. The number of carbonyl (C=O) groups is 1. The molecule has 30 heavy (non-hydrogen) atoms. The van der Waals surface area contributed by atoms with Crippen LogP contribution in [0.2, 0.25) is 0 Å². The van der Waals surface area contributed by atoms with Gasteiger partial charge < -0.3 is 10.6 Å². The van der Waals surface area contributed by atoms with Gasteiger partial charge in [0.05, 0.1) is 12.1 Å². The van der Waals surface area contributed by atoms with Crippen molar-refractivity contribution in [3.63, 3.8) is 0 Å². The van der Waals surface area contributed by atoms with Gasteiger partial charge in [-0.2, -0.15) is 0 Å². The fraction of sp³-hybridized carbons (Fsp3) is 0.167. The molecular weight excluding hydrogens is 374 g/mol. The number of aromatic nitrogens is 3. The zero-order valence-electron chi connectivity index (χ0n) is 17.2. The lowest BCUT2D eigenvalue weighted by Gasteiger charge is -2.14. The average molecular weight is 397 g/mol. The maximum absolute atomic E-state index is 12.6. The van der Waals surface area contributed by atoms with Crippen LogP contribution in [0.15, 0.2) is 60.9 Å². The van der Waals surface area contributed by atoms with E-state index in [0.717, 1.165) is 33.3 Å². The maximum atomic E-state index is 12.6. The Bertz CT molecular complexity index is 1200. The average Bonchev–Trinajstić information content (AvgIpc) is 2.75. The molecule has 2 aromatic carbocycles. The summed E-state index contributed by atoms with van der Waals surface area (Å²) in [6.07, 6.45) is 3.42. The predicted molar refractivity (Wildman–Crippen MR) is 121 cm³/mol. The summed E-state index contributed by atoms with van der Waals surface area (Å²) in [6.45, 7) is 6.15. The summed E-state index contributed by atoms with van der Waals surface area (Å²) in [6, 6.07) is 15.6. The zero-order valence-corrected chi connectivity index (χ0v) is 17.2. The molecule has 0 aliphatic rings. The van der Waals surface area contributed by atoms with Gasteiger partial charge in [-0.05, 0) is 56.2 Å². The van der Waals surface area contributed by atoms with E-state index in [0.29, 0.717) is 11.6 Å². The van der Waals surface area contributed by atoms with Crippen LogP contribution in [0.4, 0.5) is 11.5 Å². The molecule has 6 nitrogen and oxygen atoms in total. The van der Waals surface area contributed by atoms with Crippen molar-refractivity contribution in [2.75, 3.05) is 17.2 Å². The number of pyridine rings is 1. The van der Waals surface area contributed by atoms with Crippen molar-refractivity contribution >= 4 is 28.3 Å². The van der Waals surface area contributed by atoms with Crippen molar-refractivity contribution in [1.29, 1.82) is 0 Å². The number of anilines is 2. The minimum absolute atomic E-state index is 0.101. The molecule has 0 saturated carbocycles. The van der Waals surface area contributed by atoms with Gasteiger partial charge >= 0.3 is 0 Å². The predicted octanol–water partition coefficient (Wildman–Crippen LogP) is 4.67. The molecule has 6 heteroatoms. The number of para-hydroxylation sites is 1. The van der Waals surface area contributed by atoms with Crippen LogP contribution in [0.25, 0.3) is 22.3 Å². The van der Waals surface area contributed by atoms with E-state index in [4.69, 9.17) is 0 Å². The fourth-order valence-corrected chi connectivity index (χ4v) is 3.57. The van der Waals surface area contributed by atoms with Crippen molar-refractivity contribution < 1.29 is 4.79 Å². The molecule has 0 unspecified atom stereocenters. The van der Waals surface area contributed by atoms with Crippen LogP contribution in [0, 0.1) is 20.8 Å². The molecule has 1 amide bonds. The normalized spacial score (nSPS) is 10.8. The Morgan fingerprint density at radius 1 is 0.933 bits per heavy atom. The summed E-state index contributed by atoms with van der Waals surface area (Å²) < 4.78 is 0. The van der Waals surface area contributed by atoms with Crippen LogP contribution in [0.3, 0.4) is 0 Å². The highest BCUT2D eigenvalue weighted by Crippen LogP contribution is 2.25. The molecule has 0 fully saturated rings. The van der Waals surface area contributed by atoms with Gasteiger partial charge in [0.1, 0.15) is 5.82 Å². The number of hydrogen-bond donors (Lipinski definition) is 2. The SMILES string of the molecule is Cc1cc(C)c(NC(=O)CNc2nc(-c3ccncc3)nc3ccccc23)c(C)c1. The molecule has 2 aromatic heterocycles. The lowest BCUT2D eigenvalue weighted by Crippen LogP contribution is -2.23. The van der Waals surface area contributed by atoms with Gasteiger partial charge in [0.25, 0.3) is 0 Å². The molecule has 150 valence electrons. The highest BCUT2D eigenvalue weighted by molar-refractivity contribution is 5.97. The van der Waals surface area contributed by atoms with Crippen molar-refractivity contribution in [2.45, 2.75) is 20.8 Å². The summed E-state index contributed by atoms with van der Waals surface area (Å²) in [5, 5.41) is 7.07. The Morgan fingerprint density at radius 3 is 2.37 bits per heavy atom. The minimum atomic E-state index is -0.127. The molecule has 0 bridgehead atoms. The van der Waals surface area contributed by atoms with Crippen LogP contribution >= 0.6 is 0 Å². The summed E-state index contributed by atoms with van der Waals surface area (Å²) in [5.74, 6) is 1.09. The standard InChI is InChI=1S/C24H23N5O/c1-15-12-16(2)22(17(3)13-15)28-21(30)14-26-24-19-6-4-5-7-20(19)27-23(29-24)18-8-10-25-11-9-18/h4-13H,14H2,1-3H3,(H,28,30)(H,26,27,29). The third kappa shape index (κ3) is 4.12. The maximum Gasteiger partial charge on any atom is 0.243 e. The largest absolute Gasteiger partial charge is 0.360 e. The molecular formula is C24H23N5O. The number of aryl methyl sites for hydroxylation is 3. The van der Waals surface area contributed by atoms with E-state index in [-0.39, 0.29) is 12.5 Å². The van der Waals surface area contributed by atoms with Gasteiger partial charge in [0, 0.05) is 29.0 Å². The molecule has 0 aliphatic heterocycles. The second-order valence-electron chi connectivity index (χ2n) is 7.32. The molecule has 2 N–H and O–H groups in total. The van der Waals surface area contributed by atoms with Gasteiger partial charge in [0.15, 0.2) is 5.82 Å². The van der Waals surface area contributed by atoms with Gasteiger partial charge in [-0.25, -0.2) is 9.97 Å². The van der Waals surface area contributed by atoms with E-state index in [2.05, 4.69) is 37.7 Å². The highest BCUT2D eigenvalue weighted by atomic mass is 16.1. The first-order valence-corrected chi connectivity index (χ1v) is 9.80. The number of nitrogens with one attached hydrogen (secondary N) is 2. The molecule has 0 radical (unpaired) electrons. The van der Waals surface area contributed by atoms with E-state index < -0.39 is 0 Å². The van der Waals surface area contributed by atoms with E-state index in [9.17, 15) is 4.79 Å². The fourth-order valence-electron chi connectivity index (χ4n) is 3.57. The minimum Gasteiger partial charge on any atom is -0.360 e. The molecule has 0 spiro atoms. The molecule has 0 atom stereocenters. The van der Waals surface area contributed by atoms with E-state index in [1.54, 1.807) is 12.4 Å². The third-order valence-corrected chi connectivity index (χ3v) is 4.90. The first kappa shape index (κ1) is 19.5. The first-order valence-electron chi connectivity index (χ1n) is 9.80. The summed E-state index contributed by atoms with van der Waals surface area (Å²) in [5.41, 5.74) is 5.82. The monoisotopic (exact) mass is 397 g/mol.